The predicted octanol–water partition coefficient (Wildman–Crippen LogP) is 2.40. The third kappa shape index (κ3) is 3.59. The van der Waals surface area contributed by atoms with Crippen molar-refractivity contribution in [2.75, 3.05) is 0 Å². The highest BCUT2D eigenvalue weighted by Gasteiger charge is 2.24. The quantitative estimate of drug-likeness (QED) is 0.898. The van der Waals surface area contributed by atoms with Crippen LogP contribution in [0.5, 0.6) is 0 Å². The summed E-state index contributed by atoms with van der Waals surface area (Å²) in [6, 6.07) is 1.47. The van der Waals surface area contributed by atoms with Crippen LogP contribution in [0.2, 0.25) is 0 Å². The van der Waals surface area contributed by atoms with Gasteiger partial charge in [-0.2, -0.15) is 0 Å². The molecule has 1 heterocycles. The van der Waals surface area contributed by atoms with Crippen LogP contribution in [0.3, 0.4) is 0 Å². The van der Waals surface area contributed by atoms with Crippen molar-refractivity contribution >= 4 is 33.2 Å². The van der Waals surface area contributed by atoms with Crippen LogP contribution in [-0.2, 0) is 0 Å². The molecule has 1 aromatic heterocycles. The van der Waals surface area contributed by atoms with E-state index in [1.54, 1.807) is 32.2 Å². The molecule has 84 valence electrons. The minimum Gasteiger partial charge on any atom is -0.388 e. The van der Waals surface area contributed by atoms with Crippen LogP contribution < -0.4 is 5.32 Å². The van der Waals surface area contributed by atoms with Gasteiger partial charge in [0.15, 0.2) is 0 Å². The number of amides is 1. The lowest BCUT2D eigenvalue weighted by Crippen LogP contribution is -2.47. The topological polar surface area (TPSA) is 49.3 Å². The van der Waals surface area contributed by atoms with E-state index in [1.165, 1.54) is 11.3 Å². The van der Waals surface area contributed by atoms with Gasteiger partial charge < -0.3 is 10.4 Å². The van der Waals surface area contributed by atoms with Crippen molar-refractivity contribution in [3.63, 3.8) is 0 Å². The molecule has 1 unspecified atom stereocenters. The van der Waals surface area contributed by atoms with E-state index >= 15 is 0 Å². The molecular formula is C10H14BrNO2S. The SMILES string of the molecule is CC(NC(=O)c1csc(Br)c1)C(C)(C)O. The van der Waals surface area contributed by atoms with Crippen LogP contribution in [0.4, 0.5) is 0 Å². The molecule has 0 aromatic carbocycles. The second kappa shape index (κ2) is 4.63. The number of carbonyl (C=O) groups is 1. The molecule has 2 N–H and O–H groups in total. The van der Waals surface area contributed by atoms with Crippen LogP contribution in [0.15, 0.2) is 15.2 Å². The summed E-state index contributed by atoms with van der Waals surface area (Å²) < 4.78 is 0.920. The number of rotatable bonds is 3. The molecule has 0 aliphatic carbocycles. The molecule has 1 aromatic rings. The summed E-state index contributed by atoms with van der Waals surface area (Å²) in [7, 11) is 0. The summed E-state index contributed by atoms with van der Waals surface area (Å²) in [5.74, 6) is -0.161. The van der Waals surface area contributed by atoms with E-state index < -0.39 is 5.60 Å². The van der Waals surface area contributed by atoms with Gasteiger partial charge in [-0.3, -0.25) is 4.79 Å². The van der Waals surface area contributed by atoms with Gasteiger partial charge in [0.05, 0.1) is 21.0 Å². The normalized spacial score (nSPS) is 13.7. The van der Waals surface area contributed by atoms with Gasteiger partial charge in [-0.15, -0.1) is 11.3 Å². The van der Waals surface area contributed by atoms with Gasteiger partial charge in [0.25, 0.3) is 5.91 Å². The minimum absolute atomic E-state index is 0.161. The summed E-state index contributed by atoms with van der Waals surface area (Å²) in [4.78, 5) is 11.7. The Morgan fingerprint density at radius 1 is 1.67 bits per heavy atom. The third-order valence-electron chi connectivity index (χ3n) is 2.24. The van der Waals surface area contributed by atoms with Crippen LogP contribution in [-0.4, -0.2) is 22.7 Å². The Labute approximate surface area is 102 Å². The molecule has 15 heavy (non-hydrogen) atoms. The Morgan fingerprint density at radius 2 is 2.27 bits per heavy atom. The van der Waals surface area contributed by atoms with E-state index in [0.717, 1.165) is 3.79 Å². The monoisotopic (exact) mass is 291 g/mol. The fourth-order valence-corrected chi connectivity index (χ4v) is 2.02. The van der Waals surface area contributed by atoms with Gasteiger partial charge in [0.1, 0.15) is 0 Å². The molecular weight excluding hydrogens is 278 g/mol. The number of halogens is 1. The number of aliphatic hydroxyl groups is 1. The van der Waals surface area contributed by atoms with E-state index in [2.05, 4.69) is 21.2 Å². The number of nitrogens with one attached hydrogen (secondary N) is 1. The largest absolute Gasteiger partial charge is 0.388 e. The molecule has 5 heteroatoms. The molecule has 0 saturated carbocycles. The van der Waals surface area contributed by atoms with Gasteiger partial charge >= 0.3 is 0 Å². The summed E-state index contributed by atoms with van der Waals surface area (Å²) in [6.07, 6.45) is 0. The highest BCUT2D eigenvalue weighted by Crippen LogP contribution is 2.20. The summed E-state index contributed by atoms with van der Waals surface area (Å²) >= 11 is 4.76. The van der Waals surface area contributed by atoms with Crippen LogP contribution in [0.25, 0.3) is 0 Å². The van der Waals surface area contributed by atoms with Crippen molar-refractivity contribution in [2.24, 2.45) is 0 Å². The second-order valence-electron chi connectivity index (χ2n) is 3.99. The molecule has 1 amide bonds. The average Bonchev–Trinajstić information content (AvgIpc) is 2.50. The van der Waals surface area contributed by atoms with E-state index in [9.17, 15) is 9.90 Å². The van der Waals surface area contributed by atoms with E-state index in [1.807, 2.05) is 0 Å². The Kier molecular flexibility index (Phi) is 3.92. The lowest BCUT2D eigenvalue weighted by atomic mass is 10.0. The van der Waals surface area contributed by atoms with Gasteiger partial charge in [-0.25, -0.2) is 0 Å². The van der Waals surface area contributed by atoms with Gasteiger partial charge in [-0.1, -0.05) is 0 Å². The van der Waals surface area contributed by atoms with Crippen LogP contribution in [0, 0.1) is 0 Å². The first-order valence-electron chi connectivity index (χ1n) is 4.58. The van der Waals surface area contributed by atoms with Crippen molar-refractivity contribution in [3.05, 3.63) is 20.8 Å². The minimum atomic E-state index is -0.914. The van der Waals surface area contributed by atoms with E-state index in [4.69, 9.17) is 0 Å². The highest BCUT2D eigenvalue weighted by atomic mass is 79.9. The standard InChI is InChI=1S/C10H14BrNO2S/c1-6(10(2,3)14)12-9(13)7-4-8(11)15-5-7/h4-6,14H,1-3H3,(H,12,13). The van der Waals surface area contributed by atoms with Gasteiger partial charge in [-0.05, 0) is 42.8 Å². The van der Waals surface area contributed by atoms with Gasteiger partial charge in [0.2, 0.25) is 0 Å². The Morgan fingerprint density at radius 3 is 2.67 bits per heavy atom. The number of hydrogen-bond donors (Lipinski definition) is 2. The smallest absolute Gasteiger partial charge is 0.252 e. The Balaban J connectivity index is 2.64. The summed E-state index contributed by atoms with van der Waals surface area (Å²) in [5, 5.41) is 14.2. The van der Waals surface area contributed by atoms with Crippen molar-refractivity contribution in [1.82, 2.24) is 5.32 Å². The Hall–Kier alpha value is -0.390. The maximum Gasteiger partial charge on any atom is 0.252 e. The second-order valence-corrected chi connectivity index (χ2v) is 6.28. The molecule has 0 spiro atoms. The lowest BCUT2D eigenvalue weighted by Gasteiger charge is -2.26. The van der Waals surface area contributed by atoms with Crippen molar-refractivity contribution in [3.8, 4) is 0 Å². The van der Waals surface area contributed by atoms with E-state index in [-0.39, 0.29) is 11.9 Å². The first-order chi connectivity index (χ1) is 6.80. The lowest BCUT2D eigenvalue weighted by molar-refractivity contribution is 0.0409. The fourth-order valence-electron chi connectivity index (χ4n) is 0.886. The zero-order valence-electron chi connectivity index (χ0n) is 8.87. The fraction of sp³-hybridized carbons (Fsp3) is 0.500. The first kappa shape index (κ1) is 12.7. The maximum absolute atomic E-state index is 11.7. The molecule has 0 aliphatic heterocycles. The van der Waals surface area contributed by atoms with Gasteiger partial charge in [0, 0.05) is 5.38 Å². The van der Waals surface area contributed by atoms with Crippen molar-refractivity contribution in [1.29, 1.82) is 0 Å². The first-order valence-corrected chi connectivity index (χ1v) is 6.25. The molecule has 0 saturated heterocycles. The van der Waals surface area contributed by atoms with Crippen LogP contribution in [0.1, 0.15) is 31.1 Å². The van der Waals surface area contributed by atoms with Crippen molar-refractivity contribution in [2.45, 2.75) is 32.4 Å². The maximum atomic E-state index is 11.7. The summed E-state index contributed by atoms with van der Waals surface area (Å²) in [6.45, 7) is 5.11. The number of carbonyl (C=O) groups excluding carboxylic acids is 1. The van der Waals surface area contributed by atoms with Crippen LogP contribution >= 0.6 is 27.3 Å². The molecule has 0 aliphatic rings. The summed E-state index contributed by atoms with van der Waals surface area (Å²) in [5.41, 5.74) is -0.300. The predicted molar refractivity (Wildman–Crippen MR) is 65.2 cm³/mol. The molecule has 3 nitrogen and oxygen atoms in total. The molecule has 0 radical (unpaired) electrons. The highest BCUT2D eigenvalue weighted by molar-refractivity contribution is 9.11. The van der Waals surface area contributed by atoms with Crippen molar-refractivity contribution < 1.29 is 9.90 Å². The average molecular weight is 292 g/mol. The molecule has 0 fully saturated rings. The molecule has 0 bridgehead atoms. The third-order valence-corrected chi connectivity index (χ3v) is 3.74. The van der Waals surface area contributed by atoms with E-state index in [0.29, 0.717) is 5.56 Å². The zero-order valence-corrected chi connectivity index (χ0v) is 11.3. The Bertz CT molecular complexity index is 357. The number of thiophene rings is 1. The molecule has 1 atom stereocenters. The number of hydrogen-bond acceptors (Lipinski definition) is 3. The zero-order chi connectivity index (χ0) is 11.6. The molecule has 1 rings (SSSR count).